The molecule has 0 unspecified atom stereocenters. The van der Waals surface area contributed by atoms with Crippen LogP contribution in [0.4, 0.5) is 4.79 Å². The highest BCUT2D eigenvalue weighted by atomic mass is 16.6. The van der Waals surface area contributed by atoms with E-state index in [0.29, 0.717) is 0 Å². The van der Waals surface area contributed by atoms with Crippen LogP contribution in [-0.4, -0.2) is 95.8 Å². The van der Waals surface area contributed by atoms with Crippen LogP contribution in [0.25, 0.3) is 0 Å². The number of amides is 1. The van der Waals surface area contributed by atoms with Crippen LogP contribution in [0.1, 0.15) is 0 Å². The van der Waals surface area contributed by atoms with Crippen LogP contribution in [0.15, 0.2) is 63.3 Å². The molecule has 0 atom stereocenters. The van der Waals surface area contributed by atoms with Gasteiger partial charge in [-0.15, -0.1) is 0 Å². The van der Waals surface area contributed by atoms with Gasteiger partial charge in [0.15, 0.2) is 0 Å². The predicted molar refractivity (Wildman–Crippen MR) is 142 cm³/mol. The van der Waals surface area contributed by atoms with Gasteiger partial charge >= 0.3 is 35.9 Å². The van der Waals surface area contributed by atoms with Gasteiger partial charge < -0.3 is 38.5 Å². The third-order valence-electron chi connectivity index (χ3n) is 4.97. The Hall–Kier alpha value is -4.72. The average molecular weight is 582 g/mol. The molecule has 1 amide bonds. The summed E-state index contributed by atoms with van der Waals surface area (Å²) in [5, 5.41) is 2.25. The minimum Gasteiger partial charge on any atom is -0.462 e. The first-order chi connectivity index (χ1) is 19.4. The van der Waals surface area contributed by atoms with Crippen molar-refractivity contribution in [2.24, 2.45) is 10.8 Å². The van der Waals surface area contributed by atoms with E-state index in [9.17, 15) is 28.8 Å². The number of nitrogens with one attached hydrogen (secondary N) is 1. The smallest absolute Gasteiger partial charge is 0.406 e. The summed E-state index contributed by atoms with van der Waals surface area (Å²) in [6.07, 6.45) is 3.60. The topological polar surface area (TPSA) is 179 Å². The molecular formula is C27H35NO13. The molecule has 0 aliphatic carbocycles. The third-order valence-corrected chi connectivity index (χ3v) is 4.97. The fourth-order valence-electron chi connectivity index (χ4n) is 2.69. The number of ether oxygens (including phenoxy) is 7. The van der Waals surface area contributed by atoms with Gasteiger partial charge in [0, 0.05) is 37.4 Å². The Morgan fingerprint density at radius 3 is 0.951 bits per heavy atom. The summed E-state index contributed by atoms with van der Waals surface area (Å²) in [6.45, 7) is 12.8. The number of esters is 5. The molecule has 0 saturated carbocycles. The molecule has 14 heteroatoms. The van der Waals surface area contributed by atoms with Crippen LogP contribution in [0.3, 0.4) is 0 Å². The van der Waals surface area contributed by atoms with Crippen molar-refractivity contribution in [1.29, 1.82) is 0 Å². The molecule has 0 aromatic rings. The Balaban J connectivity index is 6.29. The second-order valence-electron chi connectivity index (χ2n) is 8.38. The maximum Gasteiger partial charge on any atom is 0.406 e. The summed E-state index contributed by atoms with van der Waals surface area (Å²) in [4.78, 5) is 70.9. The number of hydrogen-bond donors (Lipinski definition) is 1. The number of hydrogen-bond acceptors (Lipinski definition) is 13. The lowest BCUT2D eigenvalue weighted by atomic mass is 9.90. The molecule has 1 N–H and O–H groups in total. The fraction of sp³-hybridized carbons (Fsp3) is 0.407. The van der Waals surface area contributed by atoms with Crippen LogP contribution in [-0.2, 0) is 57.1 Å². The summed E-state index contributed by atoms with van der Waals surface area (Å²) in [5.74, 6) is -4.16. The lowest BCUT2D eigenvalue weighted by molar-refractivity contribution is -0.166. The van der Waals surface area contributed by atoms with Crippen molar-refractivity contribution in [3.05, 3.63) is 63.3 Å². The zero-order valence-electron chi connectivity index (χ0n) is 22.9. The van der Waals surface area contributed by atoms with Gasteiger partial charge in [-0.2, -0.15) is 0 Å². The lowest BCUT2D eigenvalue weighted by Crippen LogP contribution is -2.47. The molecule has 0 aliphatic heterocycles. The molecule has 0 aliphatic rings. The van der Waals surface area contributed by atoms with E-state index in [1.54, 1.807) is 0 Å². The van der Waals surface area contributed by atoms with Crippen LogP contribution >= 0.6 is 0 Å². The molecular weight excluding hydrogens is 546 g/mol. The van der Waals surface area contributed by atoms with E-state index in [-0.39, 0.29) is 0 Å². The Morgan fingerprint density at radius 2 is 0.732 bits per heavy atom. The molecule has 0 rings (SSSR count). The summed E-state index contributed by atoms with van der Waals surface area (Å²) in [7, 11) is 1.31. The molecule has 0 radical (unpaired) electrons. The second-order valence-corrected chi connectivity index (χ2v) is 8.38. The largest absolute Gasteiger partial charge is 0.462 e. The molecule has 14 nitrogen and oxygen atoms in total. The normalized spacial score (nSPS) is 10.6. The van der Waals surface area contributed by atoms with Crippen molar-refractivity contribution in [2.45, 2.75) is 0 Å². The SMILES string of the molecule is C=CC(=O)OCC(COCC(COC(=O)C=C)(COC(=O)C=C)COC(=O)NC)(COC(=O)C=C)COC(=O)C=C. The number of carbonyl (C=O) groups excluding carboxylic acids is 6. The lowest BCUT2D eigenvalue weighted by Gasteiger charge is -2.35. The highest BCUT2D eigenvalue weighted by Gasteiger charge is 2.40. The Bertz CT molecular complexity index is 917. The zero-order valence-corrected chi connectivity index (χ0v) is 22.9. The molecule has 0 bridgehead atoms. The minimum absolute atomic E-state index is 0.416. The summed E-state index contributed by atoms with van der Waals surface area (Å²) in [5.41, 5.74) is -2.97. The first kappa shape index (κ1) is 36.3. The van der Waals surface area contributed by atoms with Gasteiger partial charge in [-0.3, -0.25) is 0 Å². The standard InChI is InChI=1S/C27H35NO13/c1-7-20(29)36-14-26(15-37-21(30)8-2,16-38-22(31)9-3)12-35-13-27(17-39-23(32)10-4,18-40-24(33)11-5)19-41-25(34)28-6/h7-11H,1-5,12-19H2,6H3,(H,28,34). The summed E-state index contributed by atoms with van der Waals surface area (Å²) < 4.78 is 36.7. The molecule has 0 aromatic carbocycles. The van der Waals surface area contributed by atoms with Crippen LogP contribution < -0.4 is 5.32 Å². The third kappa shape index (κ3) is 14.9. The van der Waals surface area contributed by atoms with Crippen molar-refractivity contribution in [2.75, 3.05) is 59.9 Å². The molecule has 41 heavy (non-hydrogen) atoms. The van der Waals surface area contributed by atoms with E-state index in [4.69, 9.17) is 33.2 Å². The first-order valence-corrected chi connectivity index (χ1v) is 11.8. The van der Waals surface area contributed by atoms with Gasteiger partial charge in [-0.05, 0) is 0 Å². The van der Waals surface area contributed by atoms with Gasteiger partial charge in [-0.25, -0.2) is 28.8 Å². The van der Waals surface area contributed by atoms with Gasteiger partial charge in [0.2, 0.25) is 0 Å². The maximum absolute atomic E-state index is 11.8. The number of carbonyl (C=O) groups is 6. The van der Waals surface area contributed by atoms with Crippen molar-refractivity contribution in [3.63, 3.8) is 0 Å². The highest BCUT2D eigenvalue weighted by Crippen LogP contribution is 2.26. The zero-order chi connectivity index (χ0) is 31.3. The van der Waals surface area contributed by atoms with Crippen LogP contribution in [0, 0.1) is 10.8 Å². The quantitative estimate of drug-likeness (QED) is 0.115. The van der Waals surface area contributed by atoms with Crippen molar-refractivity contribution < 1.29 is 61.9 Å². The minimum atomic E-state index is -1.49. The predicted octanol–water partition coefficient (Wildman–Crippen LogP) is 0.978. The number of rotatable bonds is 21. The van der Waals surface area contributed by atoms with Gasteiger partial charge in [0.1, 0.15) is 39.6 Å². The Morgan fingerprint density at radius 1 is 0.488 bits per heavy atom. The van der Waals surface area contributed by atoms with E-state index in [1.165, 1.54) is 7.05 Å². The Labute approximate surface area is 237 Å². The molecule has 226 valence electrons. The van der Waals surface area contributed by atoms with E-state index in [2.05, 4.69) is 38.2 Å². The van der Waals surface area contributed by atoms with E-state index in [1.807, 2.05) is 0 Å². The second kappa shape index (κ2) is 19.4. The fourth-order valence-corrected chi connectivity index (χ4v) is 2.69. The molecule has 0 heterocycles. The highest BCUT2D eigenvalue weighted by molar-refractivity contribution is 5.82. The molecule has 0 spiro atoms. The monoisotopic (exact) mass is 581 g/mol. The van der Waals surface area contributed by atoms with E-state index < -0.39 is 99.6 Å². The molecule has 0 saturated heterocycles. The summed E-state index contributed by atoms with van der Waals surface area (Å²) in [6, 6.07) is 0. The van der Waals surface area contributed by atoms with Gasteiger partial charge in [-0.1, -0.05) is 32.9 Å². The van der Waals surface area contributed by atoms with Crippen LogP contribution in [0.5, 0.6) is 0 Å². The van der Waals surface area contributed by atoms with E-state index >= 15 is 0 Å². The first-order valence-electron chi connectivity index (χ1n) is 11.8. The Kier molecular flexibility index (Phi) is 17.1. The van der Waals surface area contributed by atoms with Crippen LogP contribution in [0.2, 0.25) is 0 Å². The number of alkyl carbamates (subject to hydrolysis) is 1. The van der Waals surface area contributed by atoms with E-state index in [0.717, 1.165) is 30.4 Å². The van der Waals surface area contributed by atoms with Crippen molar-refractivity contribution in [1.82, 2.24) is 5.32 Å². The van der Waals surface area contributed by atoms with Gasteiger partial charge in [0.05, 0.1) is 24.0 Å². The van der Waals surface area contributed by atoms with Crippen molar-refractivity contribution >= 4 is 35.9 Å². The maximum atomic E-state index is 11.8. The summed E-state index contributed by atoms with van der Waals surface area (Å²) >= 11 is 0. The molecule has 0 aromatic heterocycles. The van der Waals surface area contributed by atoms with Gasteiger partial charge in [0.25, 0.3) is 0 Å². The molecule has 0 fully saturated rings. The van der Waals surface area contributed by atoms with Crippen molar-refractivity contribution in [3.8, 4) is 0 Å². The average Bonchev–Trinajstić information content (AvgIpc) is 3.00.